The molecule has 0 aliphatic carbocycles. The molecule has 0 saturated heterocycles. The molecule has 0 aliphatic heterocycles. The van der Waals surface area contributed by atoms with E-state index in [2.05, 4.69) is 5.32 Å². The van der Waals surface area contributed by atoms with Gasteiger partial charge < -0.3 is 19.1 Å². The Morgan fingerprint density at radius 3 is 1.85 bits per heavy atom. The molecule has 0 saturated carbocycles. The van der Waals surface area contributed by atoms with Gasteiger partial charge in [0.2, 0.25) is 0 Å². The van der Waals surface area contributed by atoms with E-state index < -0.39 is 17.5 Å². The number of rotatable bonds is 6. The third-order valence-corrected chi connectivity index (χ3v) is 5.13. The van der Waals surface area contributed by atoms with Crippen molar-refractivity contribution in [2.24, 2.45) is 0 Å². The molecular weight excluding hydrogens is 435 g/mol. The average molecular weight is 467 g/mol. The van der Waals surface area contributed by atoms with E-state index in [1.165, 1.54) is 12.1 Å². The predicted molar refractivity (Wildman–Crippen MR) is 135 cm³/mol. The molecule has 7 heteroatoms. The van der Waals surface area contributed by atoms with Crippen LogP contribution in [0.4, 0.5) is 20.6 Å². The fourth-order valence-corrected chi connectivity index (χ4v) is 3.49. The van der Waals surface area contributed by atoms with Crippen LogP contribution in [-0.2, 0) is 4.74 Å². The molecule has 0 bridgehead atoms. The fourth-order valence-electron chi connectivity index (χ4n) is 3.49. The normalized spacial score (nSPS) is 11.1. The number of nitrogens with zero attached hydrogens (tertiary/aromatic N) is 1. The molecule has 3 rings (SSSR count). The quantitative estimate of drug-likeness (QED) is 0.444. The molecule has 3 aromatic rings. The Morgan fingerprint density at radius 2 is 1.38 bits per heavy atom. The lowest BCUT2D eigenvalue weighted by atomic mass is 9.97. The lowest BCUT2D eigenvalue weighted by Crippen LogP contribution is -2.27. The number of benzene rings is 3. The maximum absolute atomic E-state index is 14.8. The minimum Gasteiger partial charge on any atom is -0.496 e. The molecular formula is C27H31FN2O4. The van der Waals surface area contributed by atoms with Crippen molar-refractivity contribution in [3.63, 3.8) is 0 Å². The van der Waals surface area contributed by atoms with Crippen LogP contribution in [0.5, 0.6) is 11.5 Å². The van der Waals surface area contributed by atoms with Gasteiger partial charge in [-0.15, -0.1) is 0 Å². The molecule has 0 aromatic heterocycles. The zero-order valence-corrected chi connectivity index (χ0v) is 20.7. The average Bonchev–Trinajstić information content (AvgIpc) is 2.78. The molecule has 0 atom stereocenters. The van der Waals surface area contributed by atoms with Crippen molar-refractivity contribution in [2.75, 3.05) is 38.5 Å². The maximum Gasteiger partial charge on any atom is 0.412 e. The first-order valence-electron chi connectivity index (χ1n) is 10.9. The lowest BCUT2D eigenvalue weighted by Gasteiger charge is -2.20. The van der Waals surface area contributed by atoms with Gasteiger partial charge in [0.1, 0.15) is 22.9 Å². The van der Waals surface area contributed by atoms with E-state index in [1.54, 1.807) is 41.1 Å². The Labute approximate surface area is 200 Å². The maximum atomic E-state index is 14.8. The van der Waals surface area contributed by atoms with Crippen molar-refractivity contribution in [1.29, 1.82) is 0 Å². The van der Waals surface area contributed by atoms with E-state index in [0.29, 0.717) is 22.6 Å². The summed E-state index contributed by atoms with van der Waals surface area (Å²) in [5.74, 6) is 0.609. The number of carbonyl (C=O) groups is 1. The molecule has 1 amide bonds. The van der Waals surface area contributed by atoms with E-state index in [9.17, 15) is 9.18 Å². The standard InChI is InChI=1S/C27H31FN2O4/c1-27(2,3)34-26(31)29-23-13-10-18(14-22(23)28)21-16-24(32-6)20(15-25(21)33-7)17-8-11-19(12-9-17)30(4)5/h8-16H,1-7H3,(H,29,31). The second kappa shape index (κ2) is 10.0. The molecule has 6 nitrogen and oxygen atoms in total. The number of anilines is 2. The van der Waals surface area contributed by atoms with Gasteiger partial charge in [-0.3, -0.25) is 5.32 Å². The highest BCUT2D eigenvalue weighted by Crippen LogP contribution is 2.41. The SMILES string of the molecule is COc1cc(-c2ccc(NC(=O)OC(C)(C)C)c(F)c2)c(OC)cc1-c1ccc(N(C)C)cc1. The zero-order chi connectivity index (χ0) is 25.0. The van der Waals surface area contributed by atoms with Crippen LogP contribution in [-0.4, -0.2) is 40.0 Å². The highest BCUT2D eigenvalue weighted by atomic mass is 19.1. The minimum absolute atomic E-state index is 0.0292. The molecule has 0 heterocycles. The van der Waals surface area contributed by atoms with Crippen molar-refractivity contribution < 1.29 is 23.4 Å². The van der Waals surface area contributed by atoms with Crippen molar-refractivity contribution in [2.45, 2.75) is 26.4 Å². The Bertz CT molecular complexity index is 1170. The molecule has 34 heavy (non-hydrogen) atoms. The first kappa shape index (κ1) is 24.9. The number of methoxy groups -OCH3 is 2. The van der Waals surface area contributed by atoms with E-state index in [-0.39, 0.29) is 5.69 Å². The van der Waals surface area contributed by atoms with Crippen LogP contribution >= 0.6 is 0 Å². The zero-order valence-electron chi connectivity index (χ0n) is 20.7. The van der Waals surface area contributed by atoms with Crippen LogP contribution in [0, 0.1) is 5.82 Å². The lowest BCUT2D eigenvalue weighted by molar-refractivity contribution is 0.0635. The monoisotopic (exact) mass is 466 g/mol. The van der Waals surface area contributed by atoms with Crippen molar-refractivity contribution in [3.8, 4) is 33.8 Å². The largest absolute Gasteiger partial charge is 0.496 e. The third kappa shape index (κ3) is 5.78. The molecule has 0 aliphatic rings. The van der Waals surface area contributed by atoms with Gasteiger partial charge >= 0.3 is 6.09 Å². The Hall–Kier alpha value is -3.74. The highest BCUT2D eigenvalue weighted by Gasteiger charge is 2.19. The fraction of sp³-hybridized carbons (Fsp3) is 0.296. The summed E-state index contributed by atoms with van der Waals surface area (Å²) in [6.45, 7) is 5.23. The molecule has 0 unspecified atom stereocenters. The summed E-state index contributed by atoms with van der Waals surface area (Å²) >= 11 is 0. The number of amides is 1. The first-order chi connectivity index (χ1) is 16.0. The van der Waals surface area contributed by atoms with Gasteiger partial charge in [0, 0.05) is 30.9 Å². The number of hydrogen-bond donors (Lipinski definition) is 1. The topological polar surface area (TPSA) is 60.0 Å². The third-order valence-electron chi connectivity index (χ3n) is 5.13. The number of carbonyl (C=O) groups excluding carboxylic acids is 1. The van der Waals surface area contributed by atoms with E-state index in [0.717, 1.165) is 16.8 Å². The summed E-state index contributed by atoms with van der Waals surface area (Å²) < 4.78 is 31.3. The van der Waals surface area contributed by atoms with Gasteiger partial charge in [0.25, 0.3) is 0 Å². The first-order valence-corrected chi connectivity index (χ1v) is 10.9. The van der Waals surface area contributed by atoms with Crippen molar-refractivity contribution in [3.05, 3.63) is 60.4 Å². The number of nitrogens with one attached hydrogen (secondary N) is 1. The summed E-state index contributed by atoms with van der Waals surface area (Å²) in [7, 11) is 7.14. The Kier molecular flexibility index (Phi) is 7.35. The van der Waals surface area contributed by atoms with Crippen LogP contribution in [0.2, 0.25) is 0 Å². The van der Waals surface area contributed by atoms with Crippen molar-refractivity contribution >= 4 is 17.5 Å². The Morgan fingerprint density at radius 1 is 0.853 bits per heavy atom. The smallest absolute Gasteiger partial charge is 0.412 e. The van der Waals surface area contributed by atoms with E-state index in [1.807, 2.05) is 55.4 Å². The number of hydrogen-bond acceptors (Lipinski definition) is 5. The molecule has 0 spiro atoms. The second-order valence-corrected chi connectivity index (χ2v) is 9.02. The second-order valence-electron chi connectivity index (χ2n) is 9.02. The van der Waals surface area contributed by atoms with Crippen LogP contribution in [0.3, 0.4) is 0 Å². The molecule has 3 aromatic carbocycles. The summed E-state index contributed by atoms with van der Waals surface area (Å²) in [6, 6.07) is 16.3. The predicted octanol–water partition coefficient (Wildman–Crippen LogP) is 6.59. The van der Waals surface area contributed by atoms with Gasteiger partial charge in [-0.1, -0.05) is 18.2 Å². The summed E-state index contributed by atoms with van der Waals surface area (Å²) in [5.41, 5.74) is 3.50. The van der Waals surface area contributed by atoms with Crippen LogP contribution in [0.25, 0.3) is 22.3 Å². The number of halogens is 1. The number of ether oxygens (including phenoxy) is 3. The minimum atomic E-state index is -0.719. The molecule has 0 fully saturated rings. The van der Waals surface area contributed by atoms with Crippen LogP contribution in [0.1, 0.15) is 20.8 Å². The van der Waals surface area contributed by atoms with Crippen LogP contribution < -0.4 is 19.7 Å². The highest BCUT2D eigenvalue weighted by molar-refractivity contribution is 5.87. The van der Waals surface area contributed by atoms with Gasteiger partial charge in [0.15, 0.2) is 0 Å². The van der Waals surface area contributed by atoms with Gasteiger partial charge in [0.05, 0.1) is 19.9 Å². The van der Waals surface area contributed by atoms with E-state index in [4.69, 9.17) is 14.2 Å². The van der Waals surface area contributed by atoms with Crippen LogP contribution in [0.15, 0.2) is 54.6 Å². The molecule has 0 radical (unpaired) electrons. The van der Waals surface area contributed by atoms with Gasteiger partial charge in [-0.05, 0) is 68.3 Å². The Balaban J connectivity index is 1.97. The summed E-state index contributed by atoms with van der Waals surface area (Å²) in [5, 5.41) is 2.44. The molecule has 180 valence electrons. The van der Waals surface area contributed by atoms with Gasteiger partial charge in [-0.2, -0.15) is 0 Å². The summed E-state index contributed by atoms with van der Waals surface area (Å²) in [6.07, 6.45) is -0.719. The van der Waals surface area contributed by atoms with Gasteiger partial charge in [-0.25, -0.2) is 9.18 Å². The van der Waals surface area contributed by atoms with Crippen molar-refractivity contribution in [1.82, 2.24) is 0 Å². The summed E-state index contributed by atoms with van der Waals surface area (Å²) in [4.78, 5) is 14.0. The molecule has 1 N–H and O–H groups in total. The van der Waals surface area contributed by atoms with E-state index >= 15 is 0 Å².